The molecule has 0 radical (unpaired) electrons. The molecule has 1 rings (SSSR count). The van der Waals surface area contributed by atoms with Crippen molar-refractivity contribution < 1.29 is 9.53 Å². The van der Waals surface area contributed by atoms with Gasteiger partial charge >= 0.3 is 5.97 Å². The quantitative estimate of drug-likeness (QED) is 0.741. The van der Waals surface area contributed by atoms with E-state index in [1.54, 1.807) is 6.92 Å². The lowest BCUT2D eigenvalue weighted by Gasteiger charge is -2.03. The van der Waals surface area contributed by atoms with Crippen LogP contribution < -0.4 is 0 Å². The third-order valence-corrected chi connectivity index (χ3v) is 2.17. The maximum atomic E-state index is 11.3. The topological polar surface area (TPSA) is 65.0 Å². The summed E-state index contributed by atoms with van der Waals surface area (Å²) in [5.41, 5.74) is -0.0243. The zero-order chi connectivity index (χ0) is 12.0. The van der Waals surface area contributed by atoms with Crippen LogP contribution in [0.1, 0.15) is 43.0 Å². The van der Waals surface area contributed by atoms with Crippen molar-refractivity contribution >= 4 is 17.6 Å². The molecule has 0 spiro atoms. The molecule has 1 aromatic rings. The minimum atomic E-state index is -0.588. The largest absolute Gasteiger partial charge is 0.461 e. The van der Waals surface area contributed by atoms with Crippen molar-refractivity contribution in [2.75, 3.05) is 6.61 Å². The predicted octanol–water partition coefficient (Wildman–Crippen LogP) is 2.04. The van der Waals surface area contributed by atoms with Crippen LogP contribution in [0.4, 0.5) is 0 Å². The van der Waals surface area contributed by atoms with Gasteiger partial charge in [-0.3, -0.25) is 0 Å². The number of aromatic nitrogens is 3. The molecule has 0 saturated carbocycles. The van der Waals surface area contributed by atoms with Crippen molar-refractivity contribution in [2.24, 2.45) is 0 Å². The van der Waals surface area contributed by atoms with E-state index in [0.717, 1.165) is 12.8 Å². The minimum Gasteiger partial charge on any atom is -0.461 e. The second-order valence-electron chi connectivity index (χ2n) is 3.19. The Bertz CT molecular complexity index is 371. The summed E-state index contributed by atoms with van der Waals surface area (Å²) in [5.74, 6) is -0.0329. The van der Waals surface area contributed by atoms with E-state index in [1.807, 2.05) is 0 Å². The van der Waals surface area contributed by atoms with E-state index < -0.39 is 5.97 Å². The summed E-state index contributed by atoms with van der Waals surface area (Å²) in [6.07, 6.45) is 2.73. The number of halogens is 1. The normalized spacial score (nSPS) is 10.2. The number of unbranched alkanes of at least 4 members (excludes halogenated alkanes) is 1. The summed E-state index contributed by atoms with van der Waals surface area (Å²) >= 11 is 5.82. The van der Waals surface area contributed by atoms with Gasteiger partial charge in [0, 0.05) is 6.42 Å². The second-order valence-corrected chi connectivity index (χ2v) is 3.55. The monoisotopic (exact) mass is 243 g/mol. The number of hydrogen-bond acceptors (Lipinski definition) is 5. The number of rotatable bonds is 5. The van der Waals surface area contributed by atoms with Crippen molar-refractivity contribution in [3.05, 3.63) is 16.7 Å². The Morgan fingerprint density at radius 1 is 1.38 bits per heavy atom. The van der Waals surface area contributed by atoms with Crippen molar-refractivity contribution in [1.82, 2.24) is 15.2 Å². The van der Waals surface area contributed by atoms with Gasteiger partial charge < -0.3 is 4.74 Å². The summed E-state index contributed by atoms with van der Waals surface area (Å²) in [5, 5.41) is 7.62. The predicted molar refractivity (Wildman–Crippen MR) is 59.4 cm³/mol. The van der Waals surface area contributed by atoms with E-state index in [1.165, 1.54) is 0 Å². The molecule has 16 heavy (non-hydrogen) atoms. The van der Waals surface area contributed by atoms with E-state index in [-0.39, 0.29) is 17.5 Å². The zero-order valence-electron chi connectivity index (χ0n) is 9.36. The van der Waals surface area contributed by atoms with Crippen molar-refractivity contribution in [3.63, 3.8) is 0 Å². The molecule has 5 nitrogen and oxygen atoms in total. The van der Waals surface area contributed by atoms with Crippen LogP contribution in [0, 0.1) is 0 Å². The first-order valence-electron chi connectivity index (χ1n) is 5.25. The molecule has 0 aromatic carbocycles. The molecule has 6 heteroatoms. The average molecular weight is 244 g/mol. The standard InChI is InChI=1S/C10H14ClN3O2/c1-3-5-6-7-12-9(11)8(14-13-7)10(15)16-4-2/h3-6H2,1-2H3. The number of esters is 1. The Morgan fingerprint density at radius 3 is 2.69 bits per heavy atom. The molecule has 0 aliphatic carbocycles. The van der Waals surface area contributed by atoms with E-state index in [0.29, 0.717) is 12.2 Å². The number of aryl methyl sites for hydroxylation is 1. The summed E-state index contributed by atoms with van der Waals surface area (Å²) < 4.78 is 4.76. The Balaban J connectivity index is 2.78. The number of nitrogens with zero attached hydrogens (tertiary/aromatic N) is 3. The molecule has 88 valence electrons. The van der Waals surface area contributed by atoms with Crippen LogP contribution in [0.25, 0.3) is 0 Å². The molecule has 0 N–H and O–H groups in total. The van der Waals surface area contributed by atoms with Crippen LogP contribution in [0.5, 0.6) is 0 Å². The highest BCUT2D eigenvalue weighted by molar-refractivity contribution is 6.32. The molecular weight excluding hydrogens is 230 g/mol. The first kappa shape index (κ1) is 12.8. The van der Waals surface area contributed by atoms with E-state index in [9.17, 15) is 4.79 Å². The lowest BCUT2D eigenvalue weighted by Crippen LogP contribution is -2.12. The Labute approximate surface area is 99.2 Å². The SMILES string of the molecule is CCCCc1nnc(C(=O)OCC)c(Cl)n1. The number of carbonyl (C=O) groups is 1. The van der Waals surface area contributed by atoms with Gasteiger partial charge in [0.2, 0.25) is 5.69 Å². The summed E-state index contributed by atoms with van der Waals surface area (Å²) in [7, 11) is 0. The first-order valence-corrected chi connectivity index (χ1v) is 5.63. The molecule has 1 heterocycles. The summed E-state index contributed by atoms with van der Waals surface area (Å²) in [6, 6.07) is 0. The van der Waals surface area contributed by atoms with Gasteiger partial charge in [-0.25, -0.2) is 9.78 Å². The summed E-state index contributed by atoms with van der Waals surface area (Å²) in [6.45, 7) is 4.05. The van der Waals surface area contributed by atoms with Gasteiger partial charge in [0.15, 0.2) is 11.0 Å². The fourth-order valence-corrected chi connectivity index (χ4v) is 1.32. The fourth-order valence-electron chi connectivity index (χ4n) is 1.10. The first-order chi connectivity index (χ1) is 7.69. The highest BCUT2D eigenvalue weighted by Gasteiger charge is 2.16. The highest BCUT2D eigenvalue weighted by Crippen LogP contribution is 2.11. The molecule has 1 aromatic heterocycles. The number of carbonyl (C=O) groups excluding carboxylic acids is 1. The minimum absolute atomic E-state index is 0.0243. The van der Waals surface area contributed by atoms with Gasteiger partial charge in [-0.05, 0) is 13.3 Å². The third-order valence-electron chi connectivity index (χ3n) is 1.91. The van der Waals surface area contributed by atoms with Crippen molar-refractivity contribution in [2.45, 2.75) is 33.1 Å². The van der Waals surface area contributed by atoms with Crippen LogP contribution in [0.3, 0.4) is 0 Å². The molecule has 0 fully saturated rings. The van der Waals surface area contributed by atoms with Crippen LogP contribution in [0.2, 0.25) is 5.15 Å². The smallest absolute Gasteiger partial charge is 0.362 e. The average Bonchev–Trinajstić information content (AvgIpc) is 2.26. The van der Waals surface area contributed by atoms with Crippen LogP contribution in [-0.2, 0) is 11.2 Å². The second kappa shape index (κ2) is 6.37. The number of ether oxygens (including phenoxy) is 1. The van der Waals surface area contributed by atoms with Crippen LogP contribution >= 0.6 is 11.6 Å². The van der Waals surface area contributed by atoms with E-state index >= 15 is 0 Å². The third kappa shape index (κ3) is 3.41. The van der Waals surface area contributed by atoms with Gasteiger partial charge in [0.05, 0.1) is 6.61 Å². The lowest BCUT2D eigenvalue weighted by molar-refractivity contribution is 0.0517. The molecule has 0 unspecified atom stereocenters. The summed E-state index contributed by atoms with van der Waals surface area (Å²) in [4.78, 5) is 15.3. The Morgan fingerprint density at radius 2 is 2.12 bits per heavy atom. The molecule has 0 saturated heterocycles. The zero-order valence-corrected chi connectivity index (χ0v) is 10.1. The van der Waals surface area contributed by atoms with Crippen LogP contribution in [0.15, 0.2) is 0 Å². The van der Waals surface area contributed by atoms with Crippen molar-refractivity contribution in [1.29, 1.82) is 0 Å². The number of hydrogen-bond donors (Lipinski definition) is 0. The van der Waals surface area contributed by atoms with Gasteiger partial charge in [-0.2, -0.15) is 0 Å². The van der Waals surface area contributed by atoms with E-state index in [4.69, 9.17) is 16.3 Å². The fraction of sp³-hybridized carbons (Fsp3) is 0.600. The molecular formula is C10H14ClN3O2. The van der Waals surface area contributed by atoms with Gasteiger partial charge in [-0.15, -0.1) is 10.2 Å². The maximum absolute atomic E-state index is 11.3. The van der Waals surface area contributed by atoms with Crippen LogP contribution in [-0.4, -0.2) is 27.8 Å². The molecule has 0 amide bonds. The Kier molecular flexibility index (Phi) is 5.11. The highest BCUT2D eigenvalue weighted by atomic mass is 35.5. The molecule has 0 aliphatic rings. The maximum Gasteiger partial charge on any atom is 0.362 e. The van der Waals surface area contributed by atoms with E-state index in [2.05, 4.69) is 22.1 Å². The van der Waals surface area contributed by atoms with Gasteiger partial charge in [0.1, 0.15) is 0 Å². The Hall–Kier alpha value is -1.23. The molecule has 0 aliphatic heterocycles. The molecule has 0 atom stereocenters. The van der Waals surface area contributed by atoms with Gasteiger partial charge in [-0.1, -0.05) is 24.9 Å². The van der Waals surface area contributed by atoms with Gasteiger partial charge in [0.25, 0.3) is 0 Å². The van der Waals surface area contributed by atoms with Crippen molar-refractivity contribution in [3.8, 4) is 0 Å². The lowest BCUT2D eigenvalue weighted by atomic mass is 10.2. The molecule has 0 bridgehead atoms.